The van der Waals surface area contributed by atoms with Gasteiger partial charge in [0.15, 0.2) is 33.7 Å². The third-order valence-electron chi connectivity index (χ3n) is 3.62. The molecule has 1 unspecified atom stereocenters. The number of nitrogens with one attached hydrogen (secondary N) is 1. The molecule has 0 bridgehead atoms. The highest BCUT2D eigenvalue weighted by molar-refractivity contribution is 7.99. The van der Waals surface area contributed by atoms with E-state index in [1.54, 1.807) is 18.7 Å². The molecule has 0 fully saturated rings. The molecule has 0 saturated carbocycles. The summed E-state index contributed by atoms with van der Waals surface area (Å²) in [4.78, 5) is 16.0. The number of anilines is 1. The average Bonchev–Trinajstić information content (AvgIpc) is 3.30. The lowest BCUT2D eigenvalue weighted by Gasteiger charge is -2.16. The molecule has 3 rings (SSSR count). The number of amides is 1. The number of thiazole rings is 1. The van der Waals surface area contributed by atoms with Crippen LogP contribution in [-0.2, 0) is 11.8 Å². The number of aromatic nitrogens is 4. The van der Waals surface area contributed by atoms with Crippen molar-refractivity contribution in [2.24, 2.45) is 7.05 Å². The largest absolute Gasteiger partial charge is 0.493 e. The Hall–Kier alpha value is -2.59. The van der Waals surface area contributed by atoms with Gasteiger partial charge in [0.1, 0.15) is 0 Å². The quantitative estimate of drug-likeness (QED) is 0.576. The van der Waals surface area contributed by atoms with Gasteiger partial charge in [-0.05, 0) is 19.1 Å². The fourth-order valence-corrected chi connectivity index (χ4v) is 3.60. The Balaban J connectivity index is 1.61. The molecule has 0 aliphatic rings. The van der Waals surface area contributed by atoms with Crippen LogP contribution in [0.2, 0.25) is 0 Å². The topological polar surface area (TPSA) is 91.2 Å². The van der Waals surface area contributed by atoms with Gasteiger partial charge in [0.05, 0.1) is 12.9 Å². The molecule has 1 amide bonds. The summed E-state index contributed by atoms with van der Waals surface area (Å²) in [6, 6.07) is 7.43. The first kappa shape index (κ1) is 19.2. The summed E-state index contributed by atoms with van der Waals surface area (Å²) >= 11 is 2.68. The molecular formula is C17H19N5O3S2. The summed E-state index contributed by atoms with van der Waals surface area (Å²) in [7, 11) is 3.44. The molecule has 10 heteroatoms. The Morgan fingerprint density at radius 3 is 2.81 bits per heavy atom. The lowest BCUT2D eigenvalue weighted by molar-refractivity contribution is -0.113. The zero-order valence-electron chi connectivity index (χ0n) is 15.1. The minimum atomic E-state index is -0.336. The van der Waals surface area contributed by atoms with Crippen LogP contribution in [0.5, 0.6) is 11.5 Å². The van der Waals surface area contributed by atoms with E-state index in [9.17, 15) is 4.79 Å². The number of hydrogen-bond donors (Lipinski definition) is 1. The maximum absolute atomic E-state index is 12.0. The maximum atomic E-state index is 12.0. The lowest BCUT2D eigenvalue weighted by atomic mass is 10.3. The van der Waals surface area contributed by atoms with Crippen LogP contribution in [-0.4, -0.2) is 38.5 Å². The summed E-state index contributed by atoms with van der Waals surface area (Å²) in [5, 5.41) is 14.1. The van der Waals surface area contributed by atoms with Crippen molar-refractivity contribution < 1.29 is 14.3 Å². The van der Waals surface area contributed by atoms with E-state index < -0.39 is 0 Å². The molecule has 2 aromatic heterocycles. The van der Waals surface area contributed by atoms with Gasteiger partial charge >= 0.3 is 0 Å². The third kappa shape index (κ3) is 4.77. The van der Waals surface area contributed by atoms with Gasteiger partial charge in [-0.25, -0.2) is 4.98 Å². The highest BCUT2D eigenvalue weighted by Gasteiger charge is 2.19. The standard InChI is InChI=1S/C17H19N5O3S2/c1-11(25-13-7-5-4-6-12(13)24-3)15-20-21-17(22(15)2)27-10-14(23)19-16-18-8-9-26-16/h4-9,11H,10H2,1-3H3,(H,18,19,23). The molecule has 1 aromatic carbocycles. The second-order valence-electron chi connectivity index (χ2n) is 5.48. The molecule has 0 aliphatic heterocycles. The van der Waals surface area contributed by atoms with Crippen LogP contribution in [0.25, 0.3) is 0 Å². The molecule has 0 spiro atoms. The van der Waals surface area contributed by atoms with E-state index >= 15 is 0 Å². The molecule has 0 saturated heterocycles. The number of methoxy groups -OCH3 is 1. The minimum Gasteiger partial charge on any atom is -0.493 e. The summed E-state index contributed by atoms with van der Waals surface area (Å²) < 4.78 is 13.1. The Morgan fingerprint density at radius 1 is 1.33 bits per heavy atom. The van der Waals surface area contributed by atoms with E-state index in [1.807, 2.05) is 42.8 Å². The molecule has 1 atom stereocenters. The lowest BCUT2D eigenvalue weighted by Crippen LogP contribution is -2.14. The van der Waals surface area contributed by atoms with Gasteiger partial charge in [-0.1, -0.05) is 23.9 Å². The van der Waals surface area contributed by atoms with Crippen molar-refractivity contribution in [2.45, 2.75) is 18.2 Å². The normalized spacial score (nSPS) is 11.8. The maximum Gasteiger partial charge on any atom is 0.236 e. The van der Waals surface area contributed by atoms with Crippen LogP contribution in [0.1, 0.15) is 18.9 Å². The van der Waals surface area contributed by atoms with E-state index in [1.165, 1.54) is 23.1 Å². The highest BCUT2D eigenvalue weighted by Crippen LogP contribution is 2.30. The van der Waals surface area contributed by atoms with Gasteiger partial charge in [-0.3, -0.25) is 4.79 Å². The third-order valence-corrected chi connectivity index (χ3v) is 5.32. The van der Waals surface area contributed by atoms with Crippen molar-refractivity contribution in [3.05, 3.63) is 41.7 Å². The Labute approximate surface area is 164 Å². The van der Waals surface area contributed by atoms with Gasteiger partial charge in [0, 0.05) is 18.6 Å². The molecule has 1 N–H and O–H groups in total. The van der Waals surface area contributed by atoms with Gasteiger partial charge in [0.25, 0.3) is 0 Å². The van der Waals surface area contributed by atoms with Gasteiger partial charge < -0.3 is 19.4 Å². The van der Waals surface area contributed by atoms with Crippen LogP contribution in [0.3, 0.4) is 0 Å². The van der Waals surface area contributed by atoms with E-state index in [0.717, 1.165) is 0 Å². The fourth-order valence-electron chi connectivity index (χ4n) is 2.34. The molecular weight excluding hydrogens is 386 g/mol. The highest BCUT2D eigenvalue weighted by atomic mass is 32.2. The van der Waals surface area contributed by atoms with E-state index in [2.05, 4.69) is 20.5 Å². The number of carbonyl (C=O) groups is 1. The summed E-state index contributed by atoms with van der Waals surface area (Å²) in [6.07, 6.45) is 1.31. The molecule has 27 heavy (non-hydrogen) atoms. The predicted octanol–water partition coefficient (Wildman–Crippen LogP) is 3.15. The number of carbonyl (C=O) groups excluding carboxylic acids is 1. The van der Waals surface area contributed by atoms with Crippen LogP contribution >= 0.6 is 23.1 Å². The summed E-state index contributed by atoms with van der Waals surface area (Å²) in [5.74, 6) is 2.02. The number of ether oxygens (including phenoxy) is 2. The smallest absolute Gasteiger partial charge is 0.236 e. The zero-order chi connectivity index (χ0) is 19.2. The van der Waals surface area contributed by atoms with Gasteiger partial charge in [0.2, 0.25) is 5.91 Å². The zero-order valence-corrected chi connectivity index (χ0v) is 16.7. The van der Waals surface area contributed by atoms with E-state index in [-0.39, 0.29) is 17.8 Å². The van der Waals surface area contributed by atoms with Crippen molar-refractivity contribution in [3.8, 4) is 11.5 Å². The summed E-state index contributed by atoms with van der Waals surface area (Å²) in [6.45, 7) is 1.89. The first-order chi connectivity index (χ1) is 13.1. The molecule has 2 heterocycles. The number of nitrogens with zero attached hydrogens (tertiary/aromatic N) is 4. The molecule has 0 radical (unpaired) electrons. The van der Waals surface area contributed by atoms with E-state index in [0.29, 0.717) is 27.6 Å². The second-order valence-corrected chi connectivity index (χ2v) is 7.32. The number of rotatable bonds is 8. The van der Waals surface area contributed by atoms with Crippen molar-refractivity contribution in [3.63, 3.8) is 0 Å². The molecule has 3 aromatic rings. The number of hydrogen-bond acceptors (Lipinski definition) is 8. The first-order valence-electron chi connectivity index (χ1n) is 8.09. The number of thioether (sulfide) groups is 1. The average molecular weight is 406 g/mol. The van der Waals surface area contributed by atoms with Crippen LogP contribution in [0, 0.1) is 0 Å². The monoisotopic (exact) mass is 405 g/mol. The van der Waals surface area contributed by atoms with Gasteiger partial charge in [-0.2, -0.15) is 0 Å². The van der Waals surface area contributed by atoms with Crippen molar-refractivity contribution in [2.75, 3.05) is 18.2 Å². The van der Waals surface area contributed by atoms with Crippen molar-refractivity contribution in [1.82, 2.24) is 19.7 Å². The van der Waals surface area contributed by atoms with Crippen LogP contribution in [0.4, 0.5) is 5.13 Å². The Bertz CT molecular complexity index is 898. The second kappa shape index (κ2) is 8.87. The first-order valence-corrected chi connectivity index (χ1v) is 9.96. The van der Waals surface area contributed by atoms with Gasteiger partial charge in [-0.15, -0.1) is 21.5 Å². The van der Waals surface area contributed by atoms with Crippen molar-refractivity contribution in [1.29, 1.82) is 0 Å². The Morgan fingerprint density at radius 2 is 2.11 bits per heavy atom. The molecule has 142 valence electrons. The van der Waals surface area contributed by atoms with Crippen LogP contribution < -0.4 is 14.8 Å². The van der Waals surface area contributed by atoms with Crippen molar-refractivity contribution >= 4 is 34.1 Å². The SMILES string of the molecule is COc1ccccc1OC(C)c1nnc(SCC(=O)Nc2nccs2)n1C. The Kier molecular flexibility index (Phi) is 6.30. The van der Waals surface area contributed by atoms with E-state index in [4.69, 9.17) is 9.47 Å². The number of benzene rings is 1. The predicted molar refractivity (Wildman–Crippen MR) is 105 cm³/mol. The van der Waals surface area contributed by atoms with Crippen LogP contribution in [0.15, 0.2) is 41.0 Å². The minimum absolute atomic E-state index is 0.141. The molecule has 0 aliphatic carbocycles. The summed E-state index contributed by atoms with van der Waals surface area (Å²) in [5.41, 5.74) is 0. The fraction of sp³-hybridized carbons (Fsp3) is 0.294. The number of para-hydroxylation sites is 2. The molecule has 8 nitrogen and oxygen atoms in total.